The minimum Gasteiger partial charge on any atom is -0.485 e. The van der Waals surface area contributed by atoms with Crippen LogP contribution in [0.3, 0.4) is 0 Å². The highest BCUT2D eigenvalue weighted by molar-refractivity contribution is 6.17. The second kappa shape index (κ2) is 8.13. The van der Waals surface area contributed by atoms with Gasteiger partial charge in [-0.3, -0.25) is 4.79 Å². The lowest BCUT2D eigenvalue weighted by atomic mass is 10.0. The van der Waals surface area contributed by atoms with E-state index in [0.717, 1.165) is 19.3 Å². The number of fused-ring (bicyclic) bond motifs is 1. The van der Waals surface area contributed by atoms with Gasteiger partial charge in [-0.25, -0.2) is 0 Å². The summed E-state index contributed by atoms with van der Waals surface area (Å²) < 4.78 is 11.2. The van der Waals surface area contributed by atoms with Gasteiger partial charge in [0, 0.05) is 12.4 Å². The topological polar surface area (TPSA) is 47.6 Å². The van der Waals surface area contributed by atoms with Crippen molar-refractivity contribution in [1.82, 2.24) is 5.32 Å². The van der Waals surface area contributed by atoms with Crippen molar-refractivity contribution in [2.24, 2.45) is 5.92 Å². The van der Waals surface area contributed by atoms with E-state index in [1.165, 1.54) is 0 Å². The molecule has 1 aromatic rings. The minimum atomic E-state index is -0.585. The molecule has 2 rings (SSSR count). The average Bonchev–Trinajstić information content (AvgIpc) is 2.52. The molecule has 116 valence electrons. The number of benzene rings is 1. The van der Waals surface area contributed by atoms with Crippen LogP contribution in [0.15, 0.2) is 24.3 Å². The summed E-state index contributed by atoms with van der Waals surface area (Å²) in [4.78, 5) is 12.2. The van der Waals surface area contributed by atoms with Gasteiger partial charge in [0.05, 0.1) is 0 Å². The summed E-state index contributed by atoms with van der Waals surface area (Å²) in [6, 6.07) is 7.38. The van der Waals surface area contributed by atoms with Gasteiger partial charge < -0.3 is 14.8 Å². The number of halogens is 1. The minimum absolute atomic E-state index is 0.125. The fourth-order valence-electron chi connectivity index (χ4n) is 2.42. The predicted molar refractivity (Wildman–Crippen MR) is 83.1 cm³/mol. The lowest BCUT2D eigenvalue weighted by Gasteiger charge is -2.26. The lowest BCUT2D eigenvalue weighted by molar-refractivity contribution is -0.130. The van der Waals surface area contributed by atoms with E-state index in [0.29, 0.717) is 29.8 Å². The molecule has 1 aromatic carbocycles. The van der Waals surface area contributed by atoms with Crippen molar-refractivity contribution in [3.05, 3.63) is 24.3 Å². The highest BCUT2D eigenvalue weighted by Crippen LogP contribution is 2.30. The first kappa shape index (κ1) is 16.0. The maximum Gasteiger partial charge on any atom is 0.264 e. The first-order chi connectivity index (χ1) is 10.2. The van der Waals surface area contributed by atoms with Gasteiger partial charge >= 0.3 is 0 Å². The van der Waals surface area contributed by atoms with Crippen molar-refractivity contribution in [3.63, 3.8) is 0 Å². The van der Waals surface area contributed by atoms with E-state index in [4.69, 9.17) is 21.1 Å². The van der Waals surface area contributed by atoms with E-state index in [9.17, 15) is 4.79 Å². The molecule has 0 aliphatic carbocycles. The summed E-state index contributed by atoms with van der Waals surface area (Å²) in [7, 11) is 0. The Morgan fingerprint density at radius 1 is 1.38 bits per heavy atom. The molecule has 0 fully saturated rings. The molecule has 2 unspecified atom stereocenters. The summed E-state index contributed by atoms with van der Waals surface area (Å²) in [5.74, 6) is 2.23. The maximum atomic E-state index is 12.2. The van der Waals surface area contributed by atoms with Crippen LogP contribution in [0.2, 0.25) is 0 Å². The number of carbonyl (C=O) groups excluding carboxylic acids is 1. The zero-order valence-electron chi connectivity index (χ0n) is 12.3. The first-order valence-electron chi connectivity index (χ1n) is 7.46. The normalized spacial score (nSPS) is 18.1. The smallest absolute Gasteiger partial charge is 0.264 e. The molecule has 1 heterocycles. The molecule has 0 radical (unpaired) electrons. The van der Waals surface area contributed by atoms with Crippen LogP contribution < -0.4 is 14.8 Å². The summed E-state index contributed by atoms with van der Waals surface area (Å²) in [5, 5.41) is 2.95. The molecule has 1 N–H and O–H groups in total. The molecule has 0 saturated heterocycles. The molecule has 1 aliphatic heterocycles. The average molecular weight is 312 g/mol. The summed E-state index contributed by atoms with van der Waals surface area (Å²) in [6.07, 6.45) is 2.49. The van der Waals surface area contributed by atoms with Gasteiger partial charge in [-0.05, 0) is 30.9 Å². The molecule has 1 amide bonds. The standard InChI is InChI=1S/C16H22ClNO3/c1-2-5-12(8-9-17)10-18-16(19)15-11-20-13-6-3-4-7-14(13)21-15/h3-4,6-7,12,15H,2,5,8-11H2,1H3,(H,18,19). The van der Waals surface area contributed by atoms with Gasteiger partial charge in [-0.15, -0.1) is 11.6 Å². The number of hydrogen-bond acceptors (Lipinski definition) is 3. The largest absolute Gasteiger partial charge is 0.485 e. The zero-order valence-corrected chi connectivity index (χ0v) is 13.1. The Bertz CT molecular complexity index is 461. The van der Waals surface area contributed by atoms with Crippen LogP contribution in [0.5, 0.6) is 11.5 Å². The highest BCUT2D eigenvalue weighted by Gasteiger charge is 2.27. The Hall–Kier alpha value is -1.42. The molecule has 4 nitrogen and oxygen atoms in total. The van der Waals surface area contributed by atoms with Gasteiger partial charge in [0.2, 0.25) is 6.10 Å². The monoisotopic (exact) mass is 311 g/mol. The molecule has 5 heteroatoms. The first-order valence-corrected chi connectivity index (χ1v) is 8.00. The van der Waals surface area contributed by atoms with Crippen molar-refractivity contribution in [1.29, 1.82) is 0 Å². The summed E-state index contributed by atoms with van der Waals surface area (Å²) >= 11 is 5.79. The Labute approximate surface area is 130 Å². The van der Waals surface area contributed by atoms with Gasteiger partial charge in [-0.1, -0.05) is 25.5 Å². The van der Waals surface area contributed by atoms with E-state index >= 15 is 0 Å². The predicted octanol–water partition coefficient (Wildman–Crippen LogP) is 2.99. The fourth-order valence-corrected chi connectivity index (χ4v) is 2.73. The van der Waals surface area contributed by atoms with Crippen molar-refractivity contribution in [2.45, 2.75) is 32.3 Å². The zero-order chi connectivity index (χ0) is 15.1. The van der Waals surface area contributed by atoms with Crippen molar-refractivity contribution < 1.29 is 14.3 Å². The van der Waals surface area contributed by atoms with Crippen LogP contribution in [0, 0.1) is 5.92 Å². The van der Waals surface area contributed by atoms with Gasteiger partial charge in [0.1, 0.15) is 6.61 Å². The van der Waals surface area contributed by atoms with Gasteiger partial charge in [0.15, 0.2) is 11.5 Å². The van der Waals surface area contributed by atoms with Crippen LogP contribution in [0.1, 0.15) is 26.2 Å². The van der Waals surface area contributed by atoms with Crippen molar-refractivity contribution in [2.75, 3.05) is 19.0 Å². The SMILES string of the molecule is CCCC(CCCl)CNC(=O)C1COc2ccccc2O1. The molecule has 0 bridgehead atoms. The van der Waals surface area contributed by atoms with E-state index in [1.54, 1.807) is 0 Å². The van der Waals surface area contributed by atoms with Crippen molar-refractivity contribution >= 4 is 17.5 Å². The number of ether oxygens (including phenoxy) is 2. The lowest BCUT2D eigenvalue weighted by Crippen LogP contribution is -2.45. The molecule has 21 heavy (non-hydrogen) atoms. The molecule has 0 saturated carbocycles. The Balaban J connectivity index is 1.84. The van der Waals surface area contributed by atoms with E-state index in [1.807, 2.05) is 24.3 Å². The fraction of sp³-hybridized carbons (Fsp3) is 0.562. The number of nitrogens with one attached hydrogen (secondary N) is 1. The van der Waals surface area contributed by atoms with Crippen LogP contribution in [-0.2, 0) is 4.79 Å². The van der Waals surface area contributed by atoms with Crippen LogP contribution in [0.4, 0.5) is 0 Å². The van der Waals surface area contributed by atoms with Gasteiger partial charge in [-0.2, -0.15) is 0 Å². The quantitative estimate of drug-likeness (QED) is 0.788. The third-order valence-electron chi connectivity index (χ3n) is 3.58. The number of amides is 1. The number of carbonyl (C=O) groups is 1. The molecular formula is C16H22ClNO3. The number of rotatable bonds is 7. The summed E-state index contributed by atoms with van der Waals surface area (Å²) in [6.45, 7) is 3.02. The number of para-hydroxylation sites is 2. The van der Waals surface area contributed by atoms with Crippen molar-refractivity contribution in [3.8, 4) is 11.5 Å². The Kier molecular flexibility index (Phi) is 6.18. The molecule has 0 spiro atoms. The number of hydrogen-bond donors (Lipinski definition) is 1. The second-order valence-corrected chi connectivity index (χ2v) is 5.62. The third-order valence-corrected chi connectivity index (χ3v) is 3.80. The van der Waals surface area contributed by atoms with Crippen LogP contribution in [0.25, 0.3) is 0 Å². The molecular weight excluding hydrogens is 290 g/mol. The van der Waals surface area contributed by atoms with E-state index in [2.05, 4.69) is 12.2 Å². The second-order valence-electron chi connectivity index (χ2n) is 5.24. The third kappa shape index (κ3) is 4.53. The molecule has 2 atom stereocenters. The van der Waals surface area contributed by atoms with Crippen LogP contribution in [-0.4, -0.2) is 31.0 Å². The van der Waals surface area contributed by atoms with E-state index in [-0.39, 0.29) is 12.5 Å². The molecule has 1 aliphatic rings. The maximum absolute atomic E-state index is 12.2. The summed E-state index contributed by atoms with van der Waals surface area (Å²) in [5.41, 5.74) is 0. The number of alkyl halides is 1. The Morgan fingerprint density at radius 3 is 2.86 bits per heavy atom. The molecule has 0 aromatic heterocycles. The highest BCUT2D eigenvalue weighted by atomic mass is 35.5. The van der Waals surface area contributed by atoms with E-state index < -0.39 is 6.10 Å². The van der Waals surface area contributed by atoms with Crippen LogP contribution >= 0.6 is 11.6 Å². The Morgan fingerprint density at radius 2 is 2.14 bits per heavy atom. The van der Waals surface area contributed by atoms with Gasteiger partial charge in [0.25, 0.3) is 5.91 Å².